The number of benzene rings is 3. The smallest absolute Gasteiger partial charge is 0.180 e. The first-order valence-corrected chi connectivity index (χ1v) is 11.3. The maximum absolute atomic E-state index is 14.2. The lowest BCUT2D eigenvalue weighted by atomic mass is 9.64. The molecule has 0 amide bonds. The van der Waals surface area contributed by atoms with Crippen molar-refractivity contribution in [2.45, 2.75) is 24.9 Å². The lowest BCUT2D eigenvalue weighted by Gasteiger charge is -2.37. The zero-order chi connectivity index (χ0) is 22.9. The first-order chi connectivity index (χ1) is 16.0. The van der Waals surface area contributed by atoms with Gasteiger partial charge in [-0.3, -0.25) is 14.4 Å². The maximum Gasteiger partial charge on any atom is 0.180 e. The first kappa shape index (κ1) is 20.1. The van der Waals surface area contributed by atoms with Gasteiger partial charge in [-0.1, -0.05) is 78.4 Å². The molecule has 0 saturated carbocycles. The number of carbonyl (C=O) groups excluding carboxylic acids is 3. The maximum atomic E-state index is 14.2. The standard InChI is InChI=1S/C28H20ClNO3/c1-16(31)25-24(18-8-6-9-19(29)15-18)28(26(32)20-10-3-4-11-21(20)27(28)33)23-14-13-17-7-2-5-12-22(17)30(23)25/h2-15,23-25H,1H3/t23?,24-,25-/m1/s1. The van der Waals surface area contributed by atoms with Crippen LogP contribution < -0.4 is 4.90 Å². The van der Waals surface area contributed by atoms with Gasteiger partial charge in [0.1, 0.15) is 5.41 Å². The summed E-state index contributed by atoms with van der Waals surface area (Å²) in [4.78, 5) is 43.7. The minimum absolute atomic E-state index is 0.0940. The van der Waals surface area contributed by atoms with Crippen LogP contribution in [-0.4, -0.2) is 29.4 Å². The third-order valence-corrected chi connectivity index (χ3v) is 7.57. The Bertz CT molecular complexity index is 1360. The molecule has 6 rings (SSSR count). The Hall–Kier alpha value is -3.50. The van der Waals surface area contributed by atoms with Crippen molar-refractivity contribution in [1.82, 2.24) is 0 Å². The number of halogens is 1. The van der Waals surface area contributed by atoms with Gasteiger partial charge in [0.2, 0.25) is 0 Å². The number of nitrogens with zero attached hydrogens (tertiary/aromatic N) is 1. The first-order valence-electron chi connectivity index (χ1n) is 11.0. The van der Waals surface area contributed by atoms with E-state index in [-0.39, 0.29) is 17.3 Å². The Kier molecular flexibility index (Phi) is 4.27. The predicted octanol–water partition coefficient (Wildman–Crippen LogP) is 5.36. The summed E-state index contributed by atoms with van der Waals surface area (Å²) in [5.41, 5.74) is 1.92. The average molecular weight is 454 g/mol. The Morgan fingerprint density at radius 2 is 1.58 bits per heavy atom. The molecular formula is C28H20ClNO3. The van der Waals surface area contributed by atoms with E-state index in [0.29, 0.717) is 16.1 Å². The van der Waals surface area contributed by atoms with E-state index < -0.39 is 23.4 Å². The summed E-state index contributed by atoms with van der Waals surface area (Å²) in [5.74, 6) is -1.22. The van der Waals surface area contributed by atoms with Crippen molar-refractivity contribution in [2.24, 2.45) is 5.41 Å². The van der Waals surface area contributed by atoms with E-state index in [1.54, 1.807) is 42.5 Å². The largest absolute Gasteiger partial charge is 0.352 e. The lowest BCUT2D eigenvalue weighted by molar-refractivity contribution is -0.118. The highest BCUT2D eigenvalue weighted by Crippen LogP contribution is 2.60. The van der Waals surface area contributed by atoms with Crippen LogP contribution in [0.25, 0.3) is 6.08 Å². The molecule has 1 saturated heterocycles. The van der Waals surface area contributed by atoms with Gasteiger partial charge in [0.15, 0.2) is 17.3 Å². The second-order valence-electron chi connectivity index (χ2n) is 8.93. The second-order valence-corrected chi connectivity index (χ2v) is 9.37. The van der Waals surface area contributed by atoms with E-state index in [4.69, 9.17) is 11.6 Å². The second kappa shape index (κ2) is 7.00. The SMILES string of the molecule is CC(=O)[C@@H]1[C@@H](c2cccc(Cl)c2)C2(C(=O)c3ccccc3C2=O)C2C=Cc3ccccc3N21. The van der Waals surface area contributed by atoms with Crippen LogP contribution in [-0.2, 0) is 4.79 Å². The molecule has 1 spiro atoms. The number of hydrogen-bond acceptors (Lipinski definition) is 4. The van der Waals surface area contributed by atoms with E-state index in [1.807, 2.05) is 47.4 Å². The number of para-hydroxylation sites is 1. The molecular weight excluding hydrogens is 434 g/mol. The molecule has 162 valence electrons. The monoisotopic (exact) mass is 453 g/mol. The fourth-order valence-corrected chi connectivity index (χ4v) is 6.34. The Labute approximate surface area is 196 Å². The molecule has 0 bridgehead atoms. The van der Waals surface area contributed by atoms with E-state index in [9.17, 15) is 14.4 Å². The lowest BCUT2D eigenvalue weighted by Crippen LogP contribution is -2.48. The van der Waals surface area contributed by atoms with Crippen LogP contribution in [0.4, 0.5) is 5.69 Å². The molecule has 3 atom stereocenters. The summed E-state index contributed by atoms with van der Waals surface area (Å²) in [6, 6.07) is 20.7. The number of rotatable bonds is 2. The summed E-state index contributed by atoms with van der Waals surface area (Å²) in [5, 5.41) is 0.501. The minimum atomic E-state index is -1.45. The molecule has 2 heterocycles. The average Bonchev–Trinajstić information content (AvgIpc) is 3.26. The molecule has 3 aromatic carbocycles. The molecule has 1 fully saturated rings. The highest BCUT2D eigenvalue weighted by molar-refractivity contribution is 6.32. The molecule has 0 aromatic heterocycles. The van der Waals surface area contributed by atoms with Crippen LogP contribution in [0.15, 0.2) is 78.9 Å². The van der Waals surface area contributed by atoms with Gasteiger partial charge in [-0.15, -0.1) is 0 Å². The van der Waals surface area contributed by atoms with E-state index in [2.05, 4.69) is 0 Å². The van der Waals surface area contributed by atoms with E-state index in [0.717, 1.165) is 16.8 Å². The van der Waals surface area contributed by atoms with E-state index >= 15 is 0 Å². The van der Waals surface area contributed by atoms with Gasteiger partial charge in [-0.2, -0.15) is 0 Å². The van der Waals surface area contributed by atoms with Crippen LogP contribution in [0.1, 0.15) is 44.7 Å². The number of anilines is 1. The Balaban J connectivity index is 1.70. The molecule has 3 aromatic rings. The van der Waals surface area contributed by atoms with Gasteiger partial charge >= 0.3 is 0 Å². The van der Waals surface area contributed by atoms with E-state index in [1.165, 1.54) is 6.92 Å². The third kappa shape index (κ3) is 2.50. The van der Waals surface area contributed by atoms with Crippen molar-refractivity contribution in [1.29, 1.82) is 0 Å². The number of carbonyl (C=O) groups is 3. The highest BCUT2D eigenvalue weighted by Gasteiger charge is 2.71. The number of fused-ring (bicyclic) bond motifs is 5. The van der Waals surface area contributed by atoms with Crippen molar-refractivity contribution >= 4 is 40.7 Å². The molecule has 33 heavy (non-hydrogen) atoms. The van der Waals surface area contributed by atoms with Gasteiger partial charge in [0, 0.05) is 27.8 Å². The summed E-state index contributed by atoms with van der Waals surface area (Å²) in [7, 11) is 0. The van der Waals surface area contributed by atoms with Crippen LogP contribution in [0.2, 0.25) is 5.02 Å². The highest BCUT2D eigenvalue weighted by atomic mass is 35.5. The van der Waals surface area contributed by atoms with Gasteiger partial charge in [0.25, 0.3) is 0 Å². The van der Waals surface area contributed by atoms with Crippen LogP contribution in [0.3, 0.4) is 0 Å². The zero-order valence-corrected chi connectivity index (χ0v) is 18.6. The molecule has 0 N–H and O–H groups in total. The summed E-state index contributed by atoms with van der Waals surface area (Å²) < 4.78 is 0. The summed E-state index contributed by atoms with van der Waals surface area (Å²) in [6.07, 6.45) is 3.88. The van der Waals surface area contributed by atoms with Crippen LogP contribution in [0.5, 0.6) is 0 Å². The quantitative estimate of drug-likeness (QED) is 0.490. The predicted molar refractivity (Wildman–Crippen MR) is 128 cm³/mol. The topological polar surface area (TPSA) is 54.5 Å². The minimum Gasteiger partial charge on any atom is -0.352 e. The van der Waals surface area contributed by atoms with Crippen molar-refractivity contribution in [3.05, 3.63) is 106 Å². The molecule has 2 aliphatic heterocycles. The van der Waals surface area contributed by atoms with Gasteiger partial charge < -0.3 is 4.90 Å². The van der Waals surface area contributed by atoms with Crippen LogP contribution in [0, 0.1) is 5.41 Å². The van der Waals surface area contributed by atoms with Crippen molar-refractivity contribution in [3.8, 4) is 0 Å². The molecule has 4 nitrogen and oxygen atoms in total. The van der Waals surface area contributed by atoms with Crippen LogP contribution >= 0.6 is 11.6 Å². The Morgan fingerprint density at radius 3 is 2.24 bits per heavy atom. The number of hydrogen-bond donors (Lipinski definition) is 0. The third-order valence-electron chi connectivity index (χ3n) is 7.34. The van der Waals surface area contributed by atoms with Crippen molar-refractivity contribution in [2.75, 3.05) is 4.90 Å². The normalized spacial score (nSPS) is 24.1. The number of ketones is 3. The van der Waals surface area contributed by atoms with Crippen molar-refractivity contribution < 1.29 is 14.4 Å². The molecule has 1 unspecified atom stereocenters. The van der Waals surface area contributed by atoms with Gasteiger partial charge in [-0.05, 0) is 36.2 Å². The Morgan fingerprint density at radius 1 is 0.909 bits per heavy atom. The zero-order valence-electron chi connectivity index (χ0n) is 17.9. The molecule has 0 radical (unpaired) electrons. The summed E-state index contributed by atoms with van der Waals surface area (Å²) in [6.45, 7) is 1.54. The van der Waals surface area contributed by atoms with Crippen molar-refractivity contribution in [3.63, 3.8) is 0 Å². The fourth-order valence-electron chi connectivity index (χ4n) is 6.14. The fraction of sp³-hybridized carbons (Fsp3) is 0.179. The molecule has 5 heteroatoms. The molecule has 1 aliphatic carbocycles. The number of Topliss-reactive ketones (excluding diaryl/α,β-unsaturated/α-hetero) is 3. The molecule has 3 aliphatic rings. The summed E-state index contributed by atoms with van der Waals surface area (Å²) >= 11 is 6.36. The van der Waals surface area contributed by atoms with Gasteiger partial charge in [0.05, 0.1) is 12.1 Å². The van der Waals surface area contributed by atoms with Gasteiger partial charge in [-0.25, -0.2) is 0 Å².